The number of hydrazine groups is 1. The van der Waals surface area contributed by atoms with Crippen molar-refractivity contribution in [3.05, 3.63) is 52.1 Å². The molecule has 19 heavy (non-hydrogen) atoms. The summed E-state index contributed by atoms with van der Waals surface area (Å²) in [4.78, 5) is 4.16. The molecule has 0 aliphatic carbocycles. The van der Waals surface area contributed by atoms with Gasteiger partial charge in [0.05, 0.1) is 5.69 Å². The number of benzene rings is 1. The van der Waals surface area contributed by atoms with Crippen LogP contribution in [0.5, 0.6) is 5.88 Å². The fourth-order valence-corrected chi connectivity index (χ4v) is 2.13. The molecule has 0 saturated heterocycles. The molecule has 0 aliphatic rings. The van der Waals surface area contributed by atoms with Crippen LogP contribution in [0.15, 0.2) is 41.0 Å². The van der Waals surface area contributed by atoms with E-state index in [2.05, 4.69) is 20.9 Å². The van der Waals surface area contributed by atoms with E-state index in [1.165, 1.54) is 0 Å². The van der Waals surface area contributed by atoms with E-state index in [0.717, 1.165) is 21.3 Å². The lowest BCUT2D eigenvalue weighted by molar-refractivity contribution is 0.293. The maximum Gasteiger partial charge on any atom is 0.214 e. The molecule has 2 aromatic rings. The minimum Gasteiger partial charge on any atom is -0.473 e. The maximum atomic E-state index is 5.83. The van der Waals surface area contributed by atoms with E-state index in [1.807, 2.05) is 44.3 Å². The Morgan fingerprint density at radius 2 is 2.16 bits per heavy atom. The summed E-state index contributed by atoms with van der Waals surface area (Å²) in [6.07, 6.45) is 1.70. The first kappa shape index (κ1) is 13.8. The summed E-state index contributed by atoms with van der Waals surface area (Å²) in [5.74, 6) is 6.42. The lowest BCUT2D eigenvalue weighted by Crippen LogP contribution is -2.26. The summed E-state index contributed by atoms with van der Waals surface area (Å²) in [6.45, 7) is 2.48. The van der Waals surface area contributed by atoms with Crippen LogP contribution in [0.1, 0.15) is 11.1 Å². The highest BCUT2D eigenvalue weighted by molar-refractivity contribution is 9.10. The first-order valence-corrected chi connectivity index (χ1v) is 6.68. The highest BCUT2D eigenvalue weighted by Gasteiger charge is 2.09. The highest BCUT2D eigenvalue weighted by atomic mass is 79.9. The third-order valence-electron chi connectivity index (χ3n) is 2.83. The number of nitrogens with zero attached hydrogens (tertiary/aromatic N) is 2. The van der Waals surface area contributed by atoms with Crippen LogP contribution in [-0.4, -0.2) is 12.0 Å². The van der Waals surface area contributed by atoms with Crippen molar-refractivity contribution in [1.82, 2.24) is 4.98 Å². The van der Waals surface area contributed by atoms with E-state index in [0.29, 0.717) is 12.5 Å². The molecule has 0 spiro atoms. The Balaban J connectivity index is 2.19. The zero-order valence-corrected chi connectivity index (χ0v) is 12.5. The molecular formula is C14H16BrN3O. The third kappa shape index (κ3) is 3.45. The van der Waals surface area contributed by atoms with Crippen LogP contribution in [0.4, 0.5) is 5.69 Å². The van der Waals surface area contributed by atoms with Crippen molar-refractivity contribution in [1.29, 1.82) is 0 Å². The van der Waals surface area contributed by atoms with Crippen LogP contribution in [0, 0.1) is 6.92 Å². The molecule has 5 heteroatoms. The Kier molecular flexibility index (Phi) is 4.39. The molecule has 0 radical (unpaired) electrons. The second-order valence-corrected chi connectivity index (χ2v) is 5.20. The molecule has 0 bridgehead atoms. The number of halogens is 1. The number of ether oxygens (including phenoxy) is 1. The minimum absolute atomic E-state index is 0.438. The normalized spacial score (nSPS) is 10.3. The van der Waals surface area contributed by atoms with Crippen molar-refractivity contribution in [3.8, 4) is 5.88 Å². The number of nitrogens with two attached hydrogens (primary N) is 1. The van der Waals surface area contributed by atoms with Gasteiger partial charge in [-0.1, -0.05) is 28.1 Å². The summed E-state index contributed by atoms with van der Waals surface area (Å²) in [7, 11) is 1.82. The average molecular weight is 322 g/mol. The molecule has 1 aromatic carbocycles. The van der Waals surface area contributed by atoms with Gasteiger partial charge in [0, 0.05) is 29.3 Å². The van der Waals surface area contributed by atoms with Gasteiger partial charge in [0.2, 0.25) is 5.88 Å². The van der Waals surface area contributed by atoms with E-state index >= 15 is 0 Å². The highest BCUT2D eigenvalue weighted by Crippen LogP contribution is 2.23. The van der Waals surface area contributed by atoms with Crippen molar-refractivity contribution < 1.29 is 4.74 Å². The molecule has 100 valence electrons. The lowest BCUT2D eigenvalue weighted by Gasteiger charge is -2.19. The largest absolute Gasteiger partial charge is 0.473 e. The van der Waals surface area contributed by atoms with E-state index in [1.54, 1.807) is 11.2 Å². The van der Waals surface area contributed by atoms with Crippen LogP contribution >= 0.6 is 15.9 Å². The van der Waals surface area contributed by atoms with E-state index < -0.39 is 0 Å². The van der Waals surface area contributed by atoms with Gasteiger partial charge in [-0.15, -0.1) is 0 Å². The van der Waals surface area contributed by atoms with Crippen LogP contribution < -0.4 is 15.6 Å². The molecule has 0 atom stereocenters. The first-order valence-electron chi connectivity index (χ1n) is 5.89. The molecule has 0 aliphatic heterocycles. The molecule has 0 amide bonds. The third-order valence-corrected chi connectivity index (χ3v) is 3.32. The van der Waals surface area contributed by atoms with E-state index in [9.17, 15) is 0 Å². The van der Waals surface area contributed by atoms with Crippen molar-refractivity contribution in [2.24, 2.45) is 5.84 Å². The smallest absolute Gasteiger partial charge is 0.214 e. The minimum atomic E-state index is 0.438. The number of pyridine rings is 1. The molecule has 4 nitrogen and oxygen atoms in total. The monoisotopic (exact) mass is 321 g/mol. The first-order chi connectivity index (χ1) is 9.08. The van der Waals surface area contributed by atoms with Gasteiger partial charge in [-0.05, 0) is 24.6 Å². The van der Waals surface area contributed by atoms with Crippen LogP contribution in [0.3, 0.4) is 0 Å². The predicted molar refractivity (Wildman–Crippen MR) is 80.0 cm³/mol. The van der Waals surface area contributed by atoms with Crippen LogP contribution in [-0.2, 0) is 6.61 Å². The van der Waals surface area contributed by atoms with E-state index in [4.69, 9.17) is 10.6 Å². The molecule has 0 fully saturated rings. The van der Waals surface area contributed by atoms with E-state index in [-0.39, 0.29) is 0 Å². The molecule has 2 rings (SSSR count). The van der Waals surface area contributed by atoms with Gasteiger partial charge in [-0.25, -0.2) is 10.8 Å². The van der Waals surface area contributed by atoms with Gasteiger partial charge in [0.15, 0.2) is 0 Å². The number of aryl methyl sites for hydroxylation is 1. The lowest BCUT2D eigenvalue weighted by atomic mass is 10.1. The van der Waals surface area contributed by atoms with Crippen molar-refractivity contribution in [2.75, 3.05) is 12.1 Å². The zero-order valence-electron chi connectivity index (χ0n) is 10.9. The summed E-state index contributed by atoms with van der Waals surface area (Å²) >= 11 is 3.39. The van der Waals surface area contributed by atoms with Crippen molar-refractivity contribution in [2.45, 2.75) is 13.5 Å². The van der Waals surface area contributed by atoms with Gasteiger partial charge in [-0.3, -0.25) is 0 Å². The quantitative estimate of drug-likeness (QED) is 0.694. The SMILES string of the molecule is Cc1cccc(N(C)N)c1COc1cc(Br)ccn1. The average Bonchev–Trinajstić information content (AvgIpc) is 2.37. The van der Waals surface area contributed by atoms with Crippen LogP contribution in [0.2, 0.25) is 0 Å². The van der Waals surface area contributed by atoms with Gasteiger partial charge in [0.25, 0.3) is 0 Å². The Morgan fingerprint density at radius 3 is 2.84 bits per heavy atom. The maximum absolute atomic E-state index is 5.83. The molecule has 1 heterocycles. The second kappa shape index (κ2) is 6.04. The number of aromatic nitrogens is 1. The van der Waals surface area contributed by atoms with Gasteiger partial charge < -0.3 is 9.75 Å². The van der Waals surface area contributed by atoms with Crippen molar-refractivity contribution in [3.63, 3.8) is 0 Å². The number of rotatable bonds is 4. The summed E-state index contributed by atoms with van der Waals surface area (Å²) in [5, 5.41) is 1.60. The Morgan fingerprint density at radius 1 is 1.37 bits per heavy atom. The standard InChI is InChI=1S/C14H16BrN3O/c1-10-4-3-5-13(18(2)16)12(10)9-19-14-8-11(15)6-7-17-14/h3-8H,9,16H2,1-2H3. The second-order valence-electron chi connectivity index (χ2n) is 4.28. The Bertz CT molecular complexity index is 572. The Hall–Kier alpha value is -1.59. The zero-order chi connectivity index (χ0) is 13.8. The van der Waals surface area contributed by atoms with Gasteiger partial charge in [-0.2, -0.15) is 0 Å². The summed E-state index contributed by atoms with van der Waals surface area (Å²) < 4.78 is 6.66. The number of hydrogen-bond acceptors (Lipinski definition) is 4. The number of hydrogen-bond donors (Lipinski definition) is 1. The fraction of sp³-hybridized carbons (Fsp3) is 0.214. The number of anilines is 1. The van der Waals surface area contributed by atoms with Crippen LogP contribution in [0.25, 0.3) is 0 Å². The molecule has 2 N–H and O–H groups in total. The molecule has 0 unspecified atom stereocenters. The topological polar surface area (TPSA) is 51.4 Å². The molecular weight excluding hydrogens is 306 g/mol. The molecule has 1 aromatic heterocycles. The summed E-state index contributed by atoms with van der Waals surface area (Å²) in [6, 6.07) is 9.69. The van der Waals surface area contributed by atoms with Gasteiger partial charge in [0.1, 0.15) is 6.61 Å². The van der Waals surface area contributed by atoms with Gasteiger partial charge >= 0.3 is 0 Å². The Labute approximate surface area is 121 Å². The molecule has 0 saturated carbocycles. The predicted octanol–water partition coefficient (Wildman–Crippen LogP) is 3.04. The summed E-state index contributed by atoms with van der Waals surface area (Å²) in [5.41, 5.74) is 3.16. The van der Waals surface area contributed by atoms with Crippen molar-refractivity contribution >= 4 is 21.6 Å². The fourth-order valence-electron chi connectivity index (χ4n) is 1.82.